The average molecular weight is 372 g/mol. The van der Waals surface area contributed by atoms with Crippen LogP contribution in [-0.4, -0.2) is 37.1 Å². The number of carbonyl (C=O) groups is 1. The van der Waals surface area contributed by atoms with Crippen molar-refractivity contribution in [3.63, 3.8) is 0 Å². The molecule has 0 aromatic rings. The van der Waals surface area contributed by atoms with E-state index in [2.05, 4.69) is 31.7 Å². The molecule has 2 saturated carbocycles. The SMILES string of the molecule is COC(=O)CC[C@]12C3=CCC[C@@]34CC[C@@H]3CN(C4)[C@H]1[C@@H](C(C)C)CC[C@@]32C. The molecule has 3 aliphatic carbocycles. The molecule has 3 aliphatic heterocycles. The number of carbonyl (C=O) groups excluding carboxylic acids is 1. The van der Waals surface area contributed by atoms with Crippen LogP contribution in [0.2, 0.25) is 0 Å². The quantitative estimate of drug-likeness (QED) is 0.524. The van der Waals surface area contributed by atoms with Crippen LogP contribution in [0.3, 0.4) is 0 Å². The average Bonchev–Trinajstić information content (AvgIpc) is 2.94. The van der Waals surface area contributed by atoms with Crippen LogP contribution in [0.4, 0.5) is 0 Å². The Morgan fingerprint density at radius 2 is 2.11 bits per heavy atom. The Morgan fingerprint density at radius 1 is 1.30 bits per heavy atom. The molecule has 7 atom stereocenters. The van der Waals surface area contributed by atoms with E-state index in [-0.39, 0.29) is 11.4 Å². The fourth-order valence-corrected chi connectivity index (χ4v) is 8.85. The zero-order valence-electron chi connectivity index (χ0n) is 17.7. The number of nitrogens with zero attached hydrogens (tertiary/aromatic N) is 1. The second-order valence-corrected chi connectivity index (χ2v) is 11.0. The molecule has 6 rings (SSSR count). The summed E-state index contributed by atoms with van der Waals surface area (Å²) in [6.07, 6.45) is 12.3. The van der Waals surface area contributed by atoms with E-state index in [9.17, 15) is 4.79 Å². The van der Waals surface area contributed by atoms with E-state index in [1.807, 2.05) is 0 Å². The highest BCUT2D eigenvalue weighted by Crippen LogP contribution is 2.75. The van der Waals surface area contributed by atoms with E-state index in [4.69, 9.17) is 4.74 Å². The minimum absolute atomic E-state index is 0.0187. The third-order valence-corrected chi connectivity index (χ3v) is 9.98. The lowest BCUT2D eigenvalue weighted by atomic mass is 9.39. The van der Waals surface area contributed by atoms with Gasteiger partial charge in [0, 0.05) is 36.4 Å². The number of rotatable bonds is 4. The molecule has 150 valence electrons. The molecule has 0 radical (unpaired) electrons. The van der Waals surface area contributed by atoms with Crippen LogP contribution in [0, 0.1) is 34.0 Å². The largest absolute Gasteiger partial charge is 0.469 e. The van der Waals surface area contributed by atoms with Gasteiger partial charge in [-0.1, -0.05) is 32.4 Å². The number of hydrogen-bond donors (Lipinski definition) is 0. The highest BCUT2D eigenvalue weighted by Gasteiger charge is 2.73. The fraction of sp³-hybridized carbons (Fsp3) is 0.875. The van der Waals surface area contributed by atoms with E-state index in [1.165, 1.54) is 51.6 Å². The molecule has 5 fully saturated rings. The molecule has 3 heteroatoms. The van der Waals surface area contributed by atoms with E-state index in [0.717, 1.165) is 18.3 Å². The second kappa shape index (κ2) is 5.84. The molecule has 3 nitrogen and oxygen atoms in total. The van der Waals surface area contributed by atoms with Gasteiger partial charge in [-0.3, -0.25) is 9.69 Å². The van der Waals surface area contributed by atoms with Crippen LogP contribution in [0.15, 0.2) is 11.6 Å². The summed E-state index contributed by atoms with van der Waals surface area (Å²) in [6, 6.07) is 0.632. The summed E-state index contributed by atoms with van der Waals surface area (Å²) >= 11 is 0. The van der Waals surface area contributed by atoms with Gasteiger partial charge in [0.1, 0.15) is 0 Å². The van der Waals surface area contributed by atoms with Gasteiger partial charge in [-0.2, -0.15) is 0 Å². The minimum Gasteiger partial charge on any atom is -0.469 e. The molecule has 3 heterocycles. The maximum atomic E-state index is 12.3. The lowest BCUT2D eigenvalue weighted by Crippen LogP contribution is -2.74. The van der Waals surface area contributed by atoms with Crippen LogP contribution in [-0.2, 0) is 9.53 Å². The van der Waals surface area contributed by atoms with Gasteiger partial charge in [0.05, 0.1) is 7.11 Å². The van der Waals surface area contributed by atoms with Crippen molar-refractivity contribution in [2.75, 3.05) is 20.2 Å². The van der Waals surface area contributed by atoms with Crippen LogP contribution in [0.5, 0.6) is 0 Å². The number of piperidine rings is 2. The highest BCUT2D eigenvalue weighted by molar-refractivity contribution is 5.69. The summed E-state index contributed by atoms with van der Waals surface area (Å²) in [5.41, 5.74) is 2.77. The molecule has 0 amide bonds. The number of methoxy groups -OCH3 is 1. The molecular weight excluding hydrogens is 334 g/mol. The smallest absolute Gasteiger partial charge is 0.305 e. The molecule has 1 spiro atoms. The Balaban J connectivity index is 1.70. The van der Waals surface area contributed by atoms with Crippen molar-refractivity contribution in [3.05, 3.63) is 11.6 Å². The Hall–Kier alpha value is -0.830. The minimum atomic E-state index is -0.0187. The number of fused-ring (bicyclic) bond motifs is 1. The zero-order chi connectivity index (χ0) is 19.0. The van der Waals surface area contributed by atoms with Gasteiger partial charge < -0.3 is 4.74 Å². The van der Waals surface area contributed by atoms with Crippen LogP contribution in [0.1, 0.15) is 72.1 Å². The second-order valence-electron chi connectivity index (χ2n) is 11.0. The normalized spacial score (nSPS) is 49.7. The fourth-order valence-electron chi connectivity index (χ4n) is 8.85. The number of esters is 1. The van der Waals surface area contributed by atoms with Gasteiger partial charge in [0.2, 0.25) is 0 Å². The van der Waals surface area contributed by atoms with Crippen LogP contribution >= 0.6 is 0 Å². The van der Waals surface area contributed by atoms with Crippen LogP contribution in [0.25, 0.3) is 0 Å². The first-order chi connectivity index (χ1) is 12.9. The summed E-state index contributed by atoms with van der Waals surface area (Å²) in [6.45, 7) is 10.1. The number of ether oxygens (including phenoxy) is 1. The lowest BCUT2D eigenvalue weighted by molar-refractivity contribution is -0.196. The molecular formula is C24H37NO2. The Labute approximate surface area is 164 Å². The van der Waals surface area contributed by atoms with Crippen molar-refractivity contribution in [1.29, 1.82) is 0 Å². The predicted molar refractivity (Wildman–Crippen MR) is 107 cm³/mol. The Morgan fingerprint density at radius 3 is 2.85 bits per heavy atom. The first-order valence-electron chi connectivity index (χ1n) is 11.4. The maximum Gasteiger partial charge on any atom is 0.305 e. The molecule has 0 N–H and O–H groups in total. The monoisotopic (exact) mass is 371 g/mol. The topological polar surface area (TPSA) is 29.5 Å². The van der Waals surface area contributed by atoms with Crippen molar-refractivity contribution in [1.82, 2.24) is 4.90 Å². The molecule has 27 heavy (non-hydrogen) atoms. The van der Waals surface area contributed by atoms with Gasteiger partial charge >= 0.3 is 5.97 Å². The first-order valence-corrected chi connectivity index (χ1v) is 11.4. The number of hydrogen-bond acceptors (Lipinski definition) is 3. The third kappa shape index (κ3) is 2.10. The maximum absolute atomic E-state index is 12.3. The van der Waals surface area contributed by atoms with Crippen molar-refractivity contribution >= 4 is 5.97 Å². The van der Waals surface area contributed by atoms with Crippen molar-refractivity contribution in [2.24, 2.45) is 34.0 Å². The predicted octanol–water partition coefficient (Wildman–Crippen LogP) is 4.81. The molecule has 0 aromatic heterocycles. The van der Waals surface area contributed by atoms with Crippen molar-refractivity contribution < 1.29 is 9.53 Å². The molecule has 1 unspecified atom stereocenters. The van der Waals surface area contributed by atoms with E-state index in [1.54, 1.807) is 12.7 Å². The van der Waals surface area contributed by atoms with Gasteiger partial charge in [0.25, 0.3) is 0 Å². The summed E-state index contributed by atoms with van der Waals surface area (Å²) in [5, 5.41) is 0. The summed E-state index contributed by atoms with van der Waals surface area (Å²) < 4.78 is 5.11. The number of allylic oxidation sites excluding steroid dienone is 1. The molecule has 6 bridgehead atoms. The van der Waals surface area contributed by atoms with Crippen molar-refractivity contribution in [2.45, 2.75) is 78.2 Å². The van der Waals surface area contributed by atoms with Crippen LogP contribution < -0.4 is 0 Å². The van der Waals surface area contributed by atoms with Crippen molar-refractivity contribution in [3.8, 4) is 0 Å². The van der Waals surface area contributed by atoms with Gasteiger partial charge in [0.15, 0.2) is 0 Å². The summed E-state index contributed by atoms with van der Waals surface area (Å²) in [5.74, 6) is 2.25. The van der Waals surface area contributed by atoms with Gasteiger partial charge in [-0.25, -0.2) is 0 Å². The molecule has 0 aromatic carbocycles. The van der Waals surface area contributed by atoms with E-state index < -0.39 is 0 Å². The first kappa shape index (κ1) is 18.2. The highest BCUT2D eigenvalue weighted by atomic mass is 16.5. The summed E-state index contributed by atoms with van der Waals surface area (Å²) in [4.78, 5) is 15.2. The third-order valence-electron chi connectivity index (χ3n) is 9.98. The van der Waals surface area contributed by atoms with Gasteiger partial charge in [-0.15, -0.1) is 0 Å². The standard InChI is InChI=1S/C24H37NO2/c1-16(2)18-8-11-22(3)17-7-12-23-10-5-6-19(23)24(22,13-9-20(26)27-4)21(18)25(14-17)15-23/h6,16-18,21H,5,7-15H2,1-4H3/t17-,18-,21+,22+,23+,24+/m1/s1. The Bertz CT molecular complexity index is 684. The lowest BCUT2D eigenvalue weighted by Gasteiger charge is -2.72. The molecule has 6 aliphatic rings. The zero-order valence-corrected chi connectivity index (χ0v) is 17.7. The summed E-state index contributed by atoms with van der Waals surface area (Å²) in [7, 11) is 1.55. The Kier molecular flexibility index (Phi) is 3.94. The molecule has 3 saturated heterocycles. The van der Waals surface area contributed by atoms with E-state index in [0.29, 0.717) is 29.2 Å². The van der Waals surface area contributed by atoms with Gasteiger partial charge in [-0.05, 0) is 68.1 Å². The van der Waals surface area contributed by atoms with E-state index >= 15 is 0 Å².